The second kappa shape index (κ2) is 5.71. The summed E-state index contributed by atoms with van der Waals surface area (Å²) in [6.07, 6.45) is 1.51. The SMILES string of the molecule is COc1ccc(O)c(C(=O)Nc2ccc(Br)nc2)c1. The van der Waals surface area contributed by atoms with Gasteiger partial charge in [0.25, 0.3) is 5.91 Å². The number of amides is 1. The van der Waals surface area contributed by atoms with E-state index in [1.54, 1.807) is 18.2 Å². The van der Waals surface area contributed by atoms with Crippen LogP contribution in [0, 0.1) is 0 Å². The van der Waals surface area contributed by atoms with Crippen molar-refractivity contribution in [2.45, 2.75) is 0 Å². The number of benzene rings is 1. The molecule has 0 fully saturated rings. The van der Waals surface area contributed by atoms with E-state index in [0.29, 0.717) is 16.0 Å². The number of hydrogen-bond acceptors (Lipinski definition) is 4. The Kier molecular flexibility index (Phi) is 4.01. The number of rotatable bonds is 3. The molecule has 0 spiro atoms. The van der Waals surface area contributed by atoms with Crippen LogP contribution in [-0.2, 0) is 0 Å². The average molecular weight is 323 g/mol. The summed E-state index contributed by atoms with van der Waals surface area (Å²) in [5.41, 5.74) is 0.678. The molecule has 5 nitrogen and oxygen atoms in total. The fourth-order valence-electron chi connectivity index (χ4n) is 1.47. The number of pyridine rings is 1. The first kappa shape index (κ1) is 13.4. The van der Waals surface area contributed by atoms with Crippen molar-refractivity contribution < 1.29 is 14.6 Å². The quantitative estimate of drug-likeness (QED) is 0.852. The maximum absolute atomic E-state index is 12.0. The number of carbonyl (C=O) groups is 1. The Labute approximate surface area is 118 Å². The molecule has 1 amide bonds. The van der Waals surface area contributed by atoms with Gasteiger partial charge < -0.3 is 15.2 Å². The number of nitrogens with one attached hydrogen (secondary N) is 1. The smallest absolute Gasteiger partial charge is 0.259 e. The van der Waals surface area contributed by atoms with Crippen LogP contribution in [-0.4, -0.2) is 23.1 Å². The van der Waals surface area contributed by atoms with Crippen LogP contribution in [0.5, 0.6) is 11.5 Å². The monoisotopic (exact) mass is 322 g/mol. The minimum atomic E-state index is -0.430. The molecule has 98 valence electrons. The predicted octanol–water partition coefficient (Wildman–Crippen LogP) is 2.81. The first-order valence-electron chi connectivity index (χ1n) is 5.40. The van der Waals surface area contributed by atoms with Crippen LogP contribution >= 0.6 is 15.9 Å². The standard InChI is InChI=1S/C13H11BrN2O3/c1-19-9-3-4-11(17)10(6-9)13(18)16-8-2-5-12(14)15-7-8/h2-7,17H,1H3,(H,16,18). The molecule has 0 unspecified atom stereocenters. The molecule has 0 radical (unpaired) electrons. The van der Waals surface area contributed by atoms with Gasteiger partial charge in [0.05, 0.1) is 24.6 Å². The van der Waals surface area contributed by atoms with E-state index in [0.717, 1.165) is 0 Å². The number of methoxy groups -OCH3 is 1. The number of carbonyl (C=O) groups excluding carboxylic acids is 1. The summed E-state index contributed by atoms with van der Waals surface area (Å²) in [7, 11) is 1.49. The second-order valence-electron chi connectivity index (χ2n) is 3.71. The number of phenolic OH excluding ortho intramolecular Hbond substituents is 1. The molecule has 2 rings (SSSR count). The molecule has 1 aromatic heterocycles. The molecule has 0 saturated heterocycles. The summed E-state index contributed by atoms with van der Waals surface area (Å²) in [4.78, 5) is 16.0. The van der Waals surface area contributed by atoms with E-state index < -0.39 is 5.91 Å². The van der Waals surface area contributed by atoms with Gasteiger partial charge in [0.2, 0.25) is 0 Å². The van der Waals surface area contributed by atoms with Crippen LogP contribution in [0.25, 0.3) is 0 Å². The Morgan fingerprint density at radius 2 is 2.16 bits per heavy atom. The van der Waals surface area contributed by atoms with Gasteiger partial charge in [-0.05, 0) is 46.3 Å². The highest BCUT2D eigenvalue weighted by molar-refractivity contribution is 9.10. The van der Waals surface area contributed by atoms with Crippen LogP contribution in [0.3, 0.4) is 0 Å². The van der Waals surface area contributed by atoms with Gasteiger partial charge in [-0.3, -0.25) is 4.79 Å². The van der Waals surface area contributed by atoms with Gasteiger partial charge >= 0.3 is 0 Å². The molecule has 2 N–H and O–H groups in total. The third-order valence-corrected chi connectivity index (χ3v) is 2.90. The van der Waals surface area contributed by atoms with Gasteiger partial charge in [-0.2, -0.15) is 0 Å². The van der Waals surface area contributed by atoms with Crippen molar-refractivity contribution in [2.75, 3.05) is 12.4 Å². The van der Waals surface area contributed by atoms with Gasteiger partial charge in [0.1, 0.15) is 16.1 Å². The Morgan fingerprint density at radius 1 is 1.37 bits per heavy atom. The average Bonchev–Trinajstić information content (AvgIpc) is 2.42. The fraction of sp³-hybridized carbons (Fsp3) is 0.0769. The largest absolute Gasteiger partial charge is 0.507 e. The van der Waals surface area contributed by atoms with Crippen molar-refractivity contribution in [3.8, 4) is 11.5 Å². The fourth-order valence-corrected chi connectivity index (χ4v) is 1.71. The predicted molar refractivity (Wildman–Crippen MR) is 74.5 cm³/mol. The lowest BCUT2D eigenvalue weighted by Gasteiger charge is -2.08. The van der Waals surface area contributed by atoms with Crippen molar-refractivity contribution in [3.05, 3.63) is 46.7 Å². The van der Waals surface area contributed by atoms with E-state index in [9.17, 15) is 9.90 Å². The maximum atomic E-state index is 12.0. The number of halogens is 1. The van der Waals surface area contributed by atoms with Crippen LogP contribution in [0.1, 0.15) is 10.4 Å². The zero-order chi connectivity index (χ0) is 13.8. The van der Waals surface area contributed by atoms with Crippen molar-refractivity contribution in [2.24, 2.45) is 0 Å². The summed E-state index contributed by atoms with van der Waals surface area (Å²) in [6.45, 7) is 0. The van der Waals surface area contributed by atoms with E-state index in [4.69, 9.17) is 4.74 Å². The number of aromatic hydroxyl groups is 1. The summed E-state index contributed by atoms with van der Waals surface area (Å²) < 4.78 is 5.69. The first-order chi connectivity index (χ1) is 9.10. The highest BCUT2D eigenvalue weighted by Gasteiger charge is 2.12. The van der Waals surface area contributed by atoms with Crippen molar-refractivity contribution in [3.63, 3.8) is 0 Å². The molecule has 19 heavy (non-hydrogen) atoms. The molecule has 0 aliphatic carbocycles. The van der Waals surface area contributed by atoms with E-state index in [1.165, 1.54) is 25.4 Å². The summed E-state index contributed by atoms with van der Waals surface area (Å²) >= 11 is 3.21. The molecule has 0 saturated carbocycles. The normalized spacial score (nSPS) is 10.0. The van der Waals surface area contributed by atoms with Gasteiger partial charge in [-0.1, -0.05) is 0 Å². The second-order valence-corrected chi connectivity index (χ2v) is 4.52. The Morgan fingerprint density at radius 3 is 2.79 bits per heavy atom. The van der Waals surface area contributed by atoms with Crippen molar-refractivity contribution in [1.82, 2.24) is 4.98 Å². The summed E-state index contributed by atoms with van der Waals surface area (Å²) in [5.74, 6) is -0.0409. The lowest BCUT2D eigenvalue weighted by molar-refractivity contribution is 0.102. The highest BCUT2D eigenvalue weighted by atomic mass is 79.9. The van der Waals surface area contributed by atoms with E-state index in [2.05, 4.69) is 26.2 Å². The number of nitrogens with zero attached hydrogens (tertiary/aromatic N) is 1. The zero-order valence-corrected chi connectivity index (χ0v) is 11.6. The Bertz CT molecular complexity index is 599. The molecular weight excluding hydrogens is 312 g/mol. The van der Waals surface area contributed by atoms with E-state index in [1.807, 2.05) is 0 Å². The number of hydrogen-bond donors (Lipinski definition) is 2. The summed E-state index contributed by atoms with van der Waals surface area (Å²) in [6, 6.07) is 7.87. The van der Waals surface area contributed by atoms with Crippen LogP contribution in [0.15, 0.2) is 41.1 Å². The topological polar surface area (TPSA) is 71.5 Å². The lowest BCUT2D eigenvalue weighted by atomic mass is 10.1. The zero-order valence-electron chi connectivity index (χ0n) is 10.1. The molecule has 2 aromatic rings. The molecule has 0 bridgehead atoms. The third kappa shape index (κ3) is 3.23. The molecular formula is C13H11BrN2O3. The van der Waals surface area contributed by atoms with Crippen LogP contribution in [0.2, 0.25) is 0 Å². The minimum absolute atomic E-state index is 0.108. The van der Waals surface area contributed by atoms with Gasteiger partial charge in [-0.15, -0.1) is 0 Å². The van der Waals surface area contributed by atoms with E-state index in [-0.39, 0.29) is 11.3 Å². The highest BCUT2D eigenvalue weighted by Crippen LogP contribution is 2.23. The van der Waals surface area contributed by atoms with Crippen molar-refractivity contribution >= 4 is 27.5 Å². The van der Waals surface area contributed by atoms with Crippen LogP contribution < -0.4 is 10.1 Å². The Balaban J connectivity index is 2.22. The first-order valence-corrected chi connectivity index (χ1v) is 6.19. The molecule has 0 aliphatic heterocycles. The molecule has 0 atom stereocenters. The number of phenols is 1. The minimum Gasteiger partial charge on any atom is -0.507 e. The Hall–Kier alpha value is -2.08. The molecule has 1 aromatic carbocycles. The number of anilines is 1. The number of ether oxygens (including phenoxy) is 1. The summed E-state index contributed by atoms with van der Waals surface area (Å²) in [5, 5.41) is 12.3. The van der Waals surface area contributed by atoms with Gasteiger partial charge in [0, 0.05) is 0 Å². The molecule has 0 aliphatic rings. The maximum Gasteiger partial charge on any atom is 0.259 e. The van der Waals surface area contributed by atoms with Crippen molar-refractivity contribution in [1.29, 1.82) is 0 Å². The molecule has 1 heterocycles. The van der Waals surface area contributed by atoms with E-state index >= 15 is 0 Å². The van der Waals surface area contributed by atoms with Crippen LogP contribution in [0.4, 0.5) is 5.69 Å². The number of aromatic nitrogens is 1. The van der Waals surface area contributed by atoms with Gasteiger partial charge in [0.15, 0.2) is 0 Å². The molecule has 6 heteroatoms. The lowest BCUT2D eigenvalue weighted by Crippen LogP contribution is -2.12. The third-order valence-electron chi connectivity index (χ3n) is 2.43. The van der Waals surface area contributed by atoms with Gasteiger partial charge in [-0.25, -0.2) is 4.98 Å².